The summed E-state index contributed by atoms with van der Waals surface area (Å²) in [5, 5.41) is 0.538. The van der Waals surface area contributed by atoms with E-state index in [1.54, 1.807) is 30.0 Å². The summed E-state index contributed by atoms with van der Waals surface area (Å²) >= 11 is 1.49. The van der Waals surface area contributed by atoms with Gasteiger partial charge in [-0.3, -0.25) is 19.0 Å². The quantitative estimate of drug-likeness (QED) is 0.602. The zero-order chi connectivity index (χ0) is 20.7. The average Bonchev–Trinajstić information content (AvgIpc) is 3.17. The van der Waals surface area contributed by atoms with Crippen molar-refractivity contribution >= 4 is 38.9 Å². The van der Waals surface area contributed by atoms with Gasteiger partial charge in [-0.25, -0.2) is 4.98 Å². The van der Waals surface area contributed by atoms with Crippen molar-refractivity contribution in [2.75, 3.05) is 18.1 Å². The highest BCUT2D eigenvalue weighted by atomic mass is 32.1. The summed E-state index contributed by atoms with van der Waals surface area (Å²) < 4.78 is 6.83. The molecule has 3 aromatic rings. The van der Waals surface area contributed by atoms with Gasteiger partial charge in [-0.2, -0.15) is 0 Å². The molecule has 1 unspecified atom stereocenters. The van der Waals surface area contributed by atoms with Gasteiger partial charge in [0, 0.05) is 17.0 Å². The lowest BCUT2D eigenvalue weighted by Crippen LogP contribution is -2.38. The molecule has 0 N–H and O–H groups in total. The number of hydrogen-bond donors (Lipinski definition) is 0. The lowest BCUT2D eigenvalue weighted by Gasteiger charge is -2.28. The number of ether oxygens (including phenoxy) is 1. The Morgan fingerprint density at radius 3 is 2.79 bits per heavy atom. The lowest BCUT2D eigenvalue weighted by molar-refractivity contribution is -0.121. The third kappa shape index (κ3) is 3.23. The molecule has 150 valence electrons. The number of aryl methyl sites for hydroxylation is 1. The van der Waals surface area contributed by atoms with Crippen molar-refractivity contribution in [1.82, 2.24) is 9.55 Å². The Balaban J connectivity index is 1.71. The minimum Gasteiger partial charge on any atom is -0.482 e. The molecule has 0 fully saturated rings. The first-order valence-corrected chi connectivity index (χ1v) is 10.4. The largest absolute Gasteiger partial charge is 0.482 e. The molecule has 0 spiro atoms. The fraction of sp³-hybridized carbons (Fsp3) is 0.333. The first-order valence-electron chi connectivity index (χ1n) is 9.55. The van der Waals surface area contributed by atoms with E-state index in [1.807, 2.05) is 19.9 Å². The predicted octanol–water partition coefficient (Wildman–Crippen LogP) is 3.21. The number of carbonyl (C=O) groups excluding carboxylic acids is 2. The van der Waals surface area contributed by atoms with E-state index in [9.17, 15) is 14.4 Å². The highest BCUT2D eigenvalue weighted by molar-refractivity contribution is 7.18. The summed E-state index contributed by atoms with van der Waals surface area (Å²) in [6.07, 6.45) is 2.27. The highest BCUT2D eigenvalue weighted by Crippen LogP contribution is 2.33. The lowest BCUT2D eigenvalue weighted by atomic mass is 10.0. The summed E-state index contributed by atoms with van der Waals surface area (Å²) in [7, 11) is 0. The molecule has 1 aliphatic rings. The van der Waals surface area contributed by atoms with E-state index in [0.717, 1.165) is 11.3 Å². The van der Waals surface area contributed by atoms with E-state index in [-0.39, 0.29) is 23.9 Å². The maximum atomic E-state index is 13.1. The smallest absolute Gasteiger partial charge is 0.265 e. The Hall–Kier alpha value is -3.00. The number of aromatic nitrogens is 2. The SMILES string of the molecule is CCc1cc2c(=O)n(C(C)C(=O)c3ccc4c(c3)N(CC)C(=O)CO4)cnc2s1. The molecule has 1 atom stereocenters. The van der Waals surface area contributed by atoms with Crippen LogP contribution in [-0.2, 0) is 11.2 Å². The van der Waals surface area contributed by atoms with Crippen molar-refractivity contribution < 1.29 is 14.3 Å². The second-order valence-corrected chi connectivity index (χ2v) is 8.01. The molecule has 0 saturated carbocycles. The summed E-state index contributed by atoms with van der Waals surface area (Å²) in [6.45, 7) is 6.06. The molecule has 0 saturated heterocycles. The first kappa shape index (κ1) is 19.3. The number of rotatable bonds is 5. The van der Waals surface area contributed by atoms with Crippen molar-refractivity contribution in [3.63, 3.8) is 0 Å². The van der Waals surface area contributed by atoms with Crippen LogP contribution in [0, 0.1) is 0 Å². The number of amides is 1. The molecule has 0 aliphatic carbocycles. The molecule has 0 radical (unpaired) electrons. The van der Waals surface area contributed by atoms with E-state index in [0.29, 0.717) is 33.8 Å². The van der Waals surface area contributed by atoms with Gasteiger partial charge in [-0.05, 0) is 44.5 Å². The van der Waals surface area contributed by atoms with Crippen molar-refractivity contribution in [3.8, 4) is 5.75 Å². The normalized spacial score (nSPS) is 14.6. The summed E-state index contributed by atoms with van der Waals surface area (Å²) in [5.74, 6) is 0.199. The van der Waals surface area contributed by atoms with Gasteiger partial charge in [0.25, 0.3) is 11.5 Å². The number of anilines is 1. The van der Waals surface area contributed by atoms with Gasteiger partial charge in [0.2, 0.25) is 0 Å². The van der Waals surface area contributed by atoms with Gasteiger partial charge < -0.3 is 9.64 Å². The molecular formula is C21H21N3O4S. The molecule has 4 rings (SSSR count). The minimum atomic E-state index is -0.724. The van der Waals surface area contributed by atoms with Gasteiger partial charge in [0.15, 0.2) is 12.4 Å². The monoisotopic (exact) mass is 411 g/mol. The second-order valence-electron chi connectivity index (χ2n) is 6.89. The molecular weight excluding hydrogens is 390 g/mol. The van der Waals surface area contributed by atoms with Crippen LogP contribution in [0.3, 0.4) is 0 Å². The third-order valence-electron chi connectivity index (χ3n) is 5.18. The predicted molar refractivity (Wildman–Crippen MR) is 112 cm³/mol. The molecule has 2 aromatic heterocycles. The number of nitrogens with zero attached hydrogens (tertiary/aromatic N) is 3. The number of benzene rings is 1. The average molecular weight is 411 g/mol. The Morgan fingerprint density at radius 1 is 1.28 bits per heavy atom. The number of Topliss-reactive ketones (excluding diaryl/α,β-unsaturated/α-hetero) is 1. The highest BCUT2D eigenvalue weighted by Gasteiger charge is 2.27. The molecule has 1 aromatic carbocycles. The molecule has 7 nitrogen and oxygen atoms in total. The molecule has 1 amide bonds. The molecule has 29 heavy (non-hydrogen) atoms. The number of likely N-dealkylation sites (N-methyl/N-ethyl adjacent to an activating group) is 1. The molecule has 3 heterocycles. The van der Waals surface area contributed by atoms with Crippen LogP contribution in [0.2, 0.25) is 0 Å². The fourth-order valence-corrected chi connectivity index (χ4v) is 4.43. The Labute approximate surface area is 171 Å². The number of ketones is 1. The van der Waals surface area contributed by atoms with E-state index in [4.69, 9.17) is 4.74 Å². The fourth-order valence-electron chi connectivity index (χ4n) is 3.51. The Morgan fingerprint density at radius 2 is 2.07 bits per heavy atom. The van der Waals surface area contributed by atoms with Crippen LogP contribution < -0.4 is 15.2 Å². The summed E-state index contributed by atoms with van der Waals surface area (Å²) in [5.41, 5.74) is 0.770. The maximum absolute atomic E-state index is 13.1. The number of fused-ring (bicyclic) bond motifs is 2. The van der Waals surface area contributed by atoms with E-state index < -0.39 is 6.04 Å². The van der Waals surface area contributed by atoms with Gasteiger partial charge in [-0.1, -0.05) is 6.92 Å². The van der Waals surface area contributed by atoms with Gasteiger partial charge in [0.1, 0.15) is 10.6 Å². The third-order valence-corrected chi connectivity index (χ3v) is 6.36. The summed E-state index contributed by atoms with van der Waals surface area (Å²) in [4.78, 5) is 45.9. The number of hydrogen-bond acceptors (Lipinski definition) is 6. The van der Waals surface area contributed by atoms with Crippen molar-refractivity contribution in [3.05, 3.63) is 51.4 Å². The van der Waals surface area contributed by atoms with Gasteiger partial charge in [0.05, 0.1) is 23.4 Å². The molecule has 1 aliphatic heterocycles. The van der Waals surface area contributed by atoms with Crippen LogP contribution in [-0.4, -0.2) is 34.4 Å². The van der Waals surface area contributed by atoms with Crippen molar-refractivity contribution in [2.45, 2.75) is 33.2 Å². The zero-order valence-corrected chi connectivity index (χ0v) is 17.3. The van der Waals surface area contributed by atoms with Gasteiger partial charge in [-0.15, -0.1) is 11.3 Å². The minimum absolute atomic E-state index is 0.00793. The van der Waals surface area contributed by atoms with E-state index in [1.165, 1.54) is 22.2 Å². The molecule has 8 heteroatoms. The first-order chi connectivity index (χ1) is 13.9. The topological polar surface area (TPSA) is 81.5 Å². The summed E-state index contributed by atoms with van der Waals surface area (Å²) in [6, 6.07) is 6.15. The number of carbonyl (C=O) groups is 2. The van der Waals surface area contributed by atoms with Gasteiger partial charge >= 0.3 is 0 Å². The van der Waals surface area contributed by atoms with E-state index in [2.05, 4.69) is 4.98 Å². The van der Waals surface area contributed by atoms with Crippen LogP contribution in [0.5, 0.6) is 5.75 Å². The van der Waals surface area contributed by atoms with Crippen LogP contribution in [0.4, 0.5) is 5.69 Å². The van der Waals surface area contributed by atoms with Crippen LogP contribution in [0.25, 0.3) is 10.2 Å². The van der Waals surface area contributed by atoms with Crippen LogP contribution in [0.15, 0.2) is 35.4 Å². The standard InChI is InChI=1S/C21H21N3O4S/c1-4-14-9-15-20(29-14)22-11-24(21(15)27)12(3)19(26)13-6-7-17-16(8-13)23(5-2)18(25)10-28-17/h6-9,11-12H,4-5,10H2,1-3H3. The Kier molecular flexibility index (Phi) is 4.96. The van der Waals surface area contributed by atoms with E-state index >= 15 is 0 Å². The van der Waals surface area contributed by atoms with Crippen molar-refractivity contribution in [1.29, 1.82) is 0 Å². The van der Waals surface area contributed by atoms with Crippen LogP contribution >= 0.6 is 11.3 Å². The molecule has 0 bridgehead atoms. The Bertz CT molecular complexity index is 1180. The van der Waals surface area contributed by atoms with Crippen molar-refractivity contribution in [2.24, 2.45) is 0 Å². The zero-order valence-electron chi connectivity index (χ0n) is 16.5. The van der Waals surface area contributed by atoms with Crippen LogP contribution in [0.1, 0.15) is 42.0 Å². The number of thiophene rings is 1. The second kappa shape index (κ2) is 7.44. The maximum Gasteiger partial charge on any atom is 0.265 e.